The SMILES string of the molecule is Cc1ccc(NC(=O)c2ccc(Br)s2)cc1. The average Bonchev–Trinajstić information content (AvgIpc) is 2.68. The van der Waals surface area contributed by atoms with Crippen LogP contribution in [0.25, 0.3) is 0 Å². The standard InChI is InChI=1S/C12H10BrNOS/c1-8-2-4-9(5-3-8)14-12(15)10-6-7-11(13)16-10/h2-7H,1H3,(H,14,15). The van der Waals surface area contributed by atoms with Crippen molar-refractivity contribution in [1.29, 1.82) is 0 Å². The lowest BCUT2D eigenvalue weighted by Crippen LogP contribution is -2.09. The molecule has 0 aliphatic heterocycles. The van der Waals surface area contributed by atoms with Crippen molar-refractivity contribution in [2.45, 2.75) is 6.92 Å². The van der Waals surface area contributed by atoms with Crippen molar-refractivity contribution in [3.63, 3.8) is 0 Å². The summed E-state index contributed by atoms with van der Waals surface area (Å²) in [6, 6.07) is 11.4. The summed E-state index contributed by atoms with van der Waals surface area (Å²) in [6.07, 6.45) is 0. The number of halogens is 1. The van der Waals surface area contributed by atoms with Gasteiger partial charge in [0.25, 0.3) is 5.91 Å². The number of rotatable bonds is 2. The van der Waals surface area contributed by atoms with Crippen LogP contribution in [0, 0.1) is 6.92 Å². The third kappa shape index (κ3) is 2.71. The summed E-state index contributed by atoms with van der Waals surface area (Å²) < 4.78 is 0.960. The van der Waals surface area contributed by atoms with E-state index < -0.39 is 0 Å². The molecule has 16 heavy (non-hydrogen) atoms. The topological polar surface area (TPSA) is 29.1 Å². The molecule has 0 radical (unpaired) electrons. The van der Waals surface area contributed by atoms with Gasteiger partial charge >= 0.3 is 0 Å². The number of aryl methyl sites for hydroxylation is 1. The van der Waals surface area contributed by atoms with Crippen molar-refractivity contribution >= 4 is 38.9 Å². The quantitative estimate of drug-likeness (QED) is 0.889. The minimum atomic E-state index is -0.0699. The third-order valence-corrected chi connectivity index (χ3v) is 3.73. The van der Waals surface area contributed by atoms with Gasteiger partial charge in [0.15, 0.2) is 0 Å². The predicted molar refractivity (Wildman–Crippen MR) is 71.2 cm³/mol. The van der Waals surface area contributed by atoms with Gasteiger partial charge < -0.3 is 5.32 Å². The summed E-state index contributed by atoms with van der Waals surface area (Å²) in [5.41, 5.74) is 2.00. The minimum absolute atomic E-state index is 0.0699. The van der Waals surface area contributed by atoms with E-state index in [-0.39, 0.29) is 5.91 Å². The number of hydrogen-bond acceptors (Lipinski definition) is 2. The highest BCUT2D eigenvalue weighted by Crippen LogP contribution is 2.23. The van der Waals surface area contributed by atoms with E-state index >= 15 is 0 Å². The molecule has 4 heteroatoms. The zero-order valence-electron chi connectivity index (χ0n) is 8.66. The molecular weight excluding hydrogens is 286 g/mol. The molecule has 1 aromatic heterocycles. The molecule has 0 saturated carbocycles. The van der Waals surface area contributed by atoms with E-state index in [1.165, 1.54) is 16.9 Å². The van der Waals surface area contributed by atoms with Gasteiger partial charge in [-0.3, -0.25) is 4.79 Å². The number of anilines is 1. The molecule has 0 bridgehead atoms. The summed E-state index contributed by atoms with van der Waals surface area (Å²) in [4.78, 5) is 12.5. The van der Waals surface area contributed by atoms with Crippen LogP contribution in [0.5, 0.6) is 0 Å². The Kier molecular flexibility index (Phi) is 3.41. The summed E-state index contributed by atoms with van der Waals surface area (Å²) in [5, 5.41) is 2.85. The highest BCUT2D eigenvalue weighted by molar-refractivity contribution is 9.11. The lowest BCUT2D eigenvalue weighted by Gasteiger charge is -2.03. The Labute approximate surface area is 106 Å². The first-order valence-electron chi connectivity index (χ1n) is 4.78. The maximum absolute atomic E-state index is 11.8. The van der Waals surface area contributed by atoms with Gasteiger partial charge in [0.05, 0.1) is 8.66 Å². The Hall–Kier alpha value is -1.13. The van der Waals surface area contributed by atoms with Crippen LogP contribution in [-0.2, 0) is 0 Å². The zero-order chi connectivity index (χ0) is 11.5. The van der Waals surface area contributed by atoms with E-state index in [1.807, 2.05) is 37.3 Å². The van der Waals surface area contributed by atoms with Gasteiger partial charge in [-0.25, -0.2) is 0 Å². The Morgan fingerprint density at radius 3 is 2.44 bits per heavy atom. The van der Waals surface area contributed by atoms with Gasteiger partial charge in [0.2, 0.25) is 0 Å². The number of benzene rings is 1. The molecule has 2 rings (SSSR count). The molecule has 2 nitrogen and oxygen atoms in total. The highest BCUT2D eigenvalue weighted by atomic mass is 79.9. The van der Waals surface area contributed by atoms with E-state index in [0.29, 0.717) is 4.88 Å². The van der Waals surface area contributed by atoms with Crippen LogP contribution >= 0.6 is 27.3 Å². The molecule has 1 amide bonds. The van der Waals surface area contributed by atoms with Gasteiger partial charge in [0, 0.05) is 5.69 Å². The fourth-order valence-corrected chi connectivity index (χ4v) is 2.55. The monoisotopic (exact) mass is 295 g/mol. The summed E-state index contributed by atoms with van der Waals surface area (Å²) >= 11 is 4.76. The van der Waals surface area contributed by atoms with E-state index in [1.54, 1.807) is 6.07 Å². The number of amides is 1. The Balaban J connectivity index is 2.10. The molecule has 1 N–H and O–H groups in total. The molecular formula is C12H10BrNOS. The van der Waals surface area contributed by atoms with Crippen LogP contribution < -0.4 is 5.32 Å². The number of carbonyl (C=O) groups excluding carboxylic acids is 1. The number of thiophene rings is 1. The fourth-order valence-electron chi connectivity index (χ4n) is 1.27. The Morgan fingerprint density at radius 2 is 1.88 bits per heavy atom. The molecule has 2 aromatic rings. The molecule has 0 aliphatic rings. The molecule has 0 fully saturated rings. The molecule has 0 saturated heterocycles. The molecule has 0 atom stereocenters. The number of nitrogens with one attached hydrogen (secondary N) is 1. The molecule has 0 unspecified atom stereocenters. The molecule has 0 aliphatic carbocycles. The molecule has 0 spiro atoms. The Morgan fingerprint density at radius 1 is 1.19 bits per heavy atom. The van der Waals surface area contributed by atoms with Gasteiger partial charge in [-0.1, -0.05) is 17.7 Å². The number of carbonyl (C=O) groups is 1. The van der Waals surface area contributed by atoms with E-state index in [9.17, 15) is 4.79 Å². The van der Waals surface area contributed by atoms with Crippen LogP contribution in [0.1, 0.15) is 15.2 Å². The maximum atomic E-state index is 11.8. The van der Waals surface area contributed by atoms with Crippen molar-refractivity contribution in [3.8, 4) is 0 Å². The second kappa shape index (κ2) is 4.80. The van der Waals surface area contributed by atoms with Gasteiger partial charge in [-0.15, -0.1) is 11.3 Å². The highest BCUT2D eigenvalue weighted by Gasteiger charge is 2.08. The smallest absolute Gasteiger partial charge is 0.265 e. The van der Waals surface area contributed by atoms with Crippen LogP contribution in [-0.4, -0.2) is 5.91 Å². The van der Waals surface area contributed by atoms with Crippen molar-refractivity contribution in [1.82, 2.24) is 0 Å². The number of hydrogen-bond donors (Lipinski definition) is 1. The second-order valence-corrected chi connectivity index (χ2v) is 5.89. The maximum Gasteiger partial charge on any atom is 0.265 e. The van der Waals surface area contributed by atoms with E-state index in [4.69, 9.17) is 0 Å². The molecule has 82 valence electrons. The summed E-state index contributed by atoms with van der Waals surface area (Å²) in [5.74, 6) is -0.0699. The predicted octanol–water partition coefficient (Wildman–Crippen LogP) is 4.07. The largest absolute Gasteiger partial charge is 0.321 e. The lowest BCUT2D eigenvalue weighted by atomic mass is 10.2. The first kappa shape index (κ1) is 11.4. The normalized spacial score (nSPS) is 10.1. The first-order chi connectivity index (χ1) is 7.65. The third-order valence-electron chi connectivity index (χ3n) is 2.11. The van der Waals surface area contributed by atoms with Crippen LogP contribution in [0.2, 0.25) is 0 Å². The van der Waals surface area contributed by atoms with Crippen molar-refractivity contribution in [3.05, 3.63) is 50.6 Å². The average molecular weight is 296 g/mol. The van der Waals surface area contributed by atoms with Gasteiger partial charge in [0.1, 0.15) is 0 Å². The lowest BCUT2D eigenvalue weighted by molar-refractivity contribution is 0.103. The van der Waals surface area contributed by atoms with Gasteiger partial charge in [-0.2, -0.15) is 0 Å². The Bertz CT molecular complexity index is 504. The molecule has 1 heterocycles. The fraction of sp³-hybridized carbons (Fsp3) is 0.0833. The van der Waals surface area contributed by atoms with Crippen molar-refractivity contribution < 1.29 is 4.79 Å². The van der Waals surface area contributed by atoms with Crippen molar-refractivity contribution in [2.24, 2.45) is 0 Å². The van der Waals surface area contributed by atoms with Crippen LogP contribution in [0.15, 0.2) is 40.2 Å². The van der Waals surface area contributed by atoms with Crippen LogP contribution in [0.3, 0.4) is 0 Å². The second-order valence-electron chi connectivity index (χ2n) is 3.42. The summed E-state index contributed by atoms with van der Waals surface area (Å²) in [6.45, 7) is 2.02. The van der Waals surface area contributed by atoms with E-state index in [0.717, 1.165) is 9.47 Å². The molecule has 1 aromatic carbocycles. The van der Waals surface area contributed by atoms with Crippen molar-refractivity contribution in [2.75, 3.05) is 5.32 Å². The zero-order valence-corrected chi connectivity index (χ0v) is 11.1. The first-order valence-corrected chi connectivity index (χ1v) is 6.39. The van der Waals surface area contributed by atoms with Gasteiger partial charge in [-0.05, 0) is 47.1 Å². The van der Waals surface area contributed by atoms with Crippen LogP contribution in [0.4, 0.5) is 5.69 Å². The summed E-state index contributed by atoms with van der Waals surface area (Å²) in [7, 11) is 0. The minimum Gasteiger partial charge on any atom is -0.321 e. The van der Waals surface area contributed by atoms with E-state index in [2.05, 4.69) is 21.2 Å².